The fraction of sp³-hybridized carbons (Fsp3) is 0.889. The minimum absolute atomic E-state index is 0.377. The van der Waals surface area contributed by atoms with E-state index in [0.717, 1.165) is 0 Å². The molecule has 80 valence electrons. The zero-order valence-corrected chi connectivity index (χ0v) is 8.39. The van der Waals surface area contributed by atoms with Gasteiger partial charge in [0.05, 0.1) is 0 Å². The highest BCUT2D eigenvalue weighted by atomic mass is 16.8. The first-order valence-electron chi connectivity index (χ1n) is 4.65. The van der Waals surface area contributed by atoms with E-state index < -0.39 is 24.0 Å². The van der Waals surface area contributed by atoms with Gasteiger partial charge in [0.15, 0.2) is 11.9 Å². The molecule has 2 fully saturated rings. The van der Waals surface area contributed by atoms with Crippen molar-refractivity contribution in [2.45, 2.75) is 51.0 Å². The second-order valence-electron chi connectivity index (χ2n) is 4.15. The van der Waals surface area contributed by atoms with E-state index in [1.165, 1.54) is 0 Å². The highest BCUT2D eigenvalue weighted by Gasteiger charge is 2.53. The Kier molecular flexibility index (Phi) is 2.06. The third-order valence-electron chi connectivity index (χ3n) is 2.48. The summed E-state index contributed by atoms with van der Waals surface area (Å²) in [5.41, 5.74) is 0. The maximum atomic E-state index is 11.2. The lowest BCUT2D eigenvalue weighted by Gasteiger charge is -2.31. The molecule has 2 heterocycles. The maximum Gasteiger partial charge on any atom is 0.338 e. The standard InChI is InChI=1S/C9H14O5/c1-4-6-7(5(10)8(11)12-4)14-9(2,3)13-6/h4-7,10H,1-3H3/t4-,5-,6+,7-/m0/s1. The number of carbonyl (C=O) groups excluding carboxylic acids is 1. The average Bonchev–Trinajstić information content (AvgIpc) is 2.38. The highest BCUT2D eigenvalue weighted by molar-refractivity contribution is 5.76. The Morgan fingerprint density at radius 1 is 1.29 bits per heavy atom. The van der Waals surface area contributed by atoms with Crippen LogP contribution < -0.4 is 0 Å². The number of aliphatic hydroxyl groups is 1. The molecule has 0 unspecified atom stereocenters. The van der Waals surface area contributed by atoms with Crippen molar-refractivity contribution < 1.29 is 24.1 Å². The summed E-state index contributed by atoms with van der Waals surface area (Å²) in [4.78, 5) is 11.2. The van der Waals surface area contributed by atoms with E-state index >= 15 is 0 Å². The largest absolute Gasteiger partial charge is 0.458 e. The fourth-order valence-electron chi connectivity index (χ4n) is 1.88. The number of hydrogen-bond acceptors (Lipinski definition) is 5. The molecule has 14 heavy (non-hydrogen) atoms. The van der Waals surface area contributed by atoms with Crippen LogP contribution in [0.25, 0.3) is 0 Å². The van der Waals surface area contributed by atoms with Crippen molar-refractivity contribution in [1.29, 1.82) is 0 Å². The molecule has 0 spiro atoms. The molecule has 2 aliphatic heterocycles. The molecule has 0 amide bonds. The summed E-state index contributed by atoms with van der Waals surface area (Å²) < 4.78 is 15.9. The predicted molar refractivity (Wildman–Crippen MR) is 45.4 cm³/mol. The van der Waals surface area contributed by atoms with Crippen molar-refractivity contribution in [1.82, 2.24) is 0 Å². The third kappa shape index (κ3) is 1.41. The Labute approximate surface area is 81.9 Å². The molecular weight excluding hydrogens is 188 g/mol. The SMILES string of the molecule is C[C@@H]1OC(=O)[C@@H](O)[C@@H]2OC(C)(C)O[C@@H]21. The fourth-order valence-corrected chi connectivity index (χ4v) is 1.88. The molecule has 0 aromatic heterocycles. The Morgan fingerprint density at radius 3 is 2.50 bits per heavy atom. The van der Waals surface area contributed by atoms with Crippen LogP contribution in [0.1, 0.15) is 20.8 Å². The molecule has 2 rings (SSSR count). The smallest absolute Gasteiger partial charge is 0.338 e. The number of esters is 1. The molecule has 2 saturated heterocycles. The molecule has 4 atom stereocenters. The van der Waals surface area contributed by atoms with Gasteiger partial charge in [-0.2, -0.15) is 0 Å². The summed E-state index contributed by atoms with van der Waals surface area (Å²) in [5, 5.41) is 9.52. The van der Waals surface area contributed by atoms with Gasteiger partial charge in [-0.25, -0.2) is 4.79 Å². The zero-order chi connectivity index (χ0) is 10.5. The van der Waals surface area contributed by atoms with Crippen LogP contribution in [0.3, 0.4) is 0 Å². The third-order valence-corrected chi connectivity index (χ3v) is 2.48. The maximum absolute atomic E-state index is 11.2. The summed E-state index contributed by atoms with van der Waals surface area (Å²) in [6.45, 7) is 5.22. The molecule has 1 N–H and O–H groups in total. The molecule has 0 bridgehead atoms. The van der Waals surface area contributed by atoms with E-state index in [4.69, 9.17) is 14.2 Å². The van der Waals surface area contributed by atoms with Crippen molar-refractivity contribution in [3.8, 4) is 0 Å². The van der Waals surface area contributed by atoms with E-state index in [1.807, 2.05) is 0 Å². The van der Waals surface area contributed by atoms with Crippen LogP contribution in [0.5, 0.6) is 0 Å². The number of ether oxygens (including phenoxy) is 3. The van der Waals surface area contributed by atoms with Crippen molar-refractivity contribution in [2.75, 3.05) is 0 Å². The van der Waals surface area contributed by atoms with Crippen LogP contribution in [-0.2, 0) is 19.0 Å². The van der Waals surface area contributed by atoms with Gasteiger partial charge in [0.1, 0.15) is 18.3 Å². The van der Waals surface area contributed by atoms with Gasteiger partial charge < -0.3 is 19.3 Å². The number of hydrogen-bond donors (Lipinski definition) is 1. The molecular formula is C9H14O5. The Morgan fingerprint density at radius 2 is 1.86 bits per heavy atom. The summed E-state index contributed by atoms with van der Waals surface area (Å²) >= 11 is 0. The van der Waals surface area contributed by atoms with Crippen LogP contribution in [0.4, 0.5) is 0 Å². The molecule has 0 radical (unpaired) electrons. The monoisotopic (exact) mass is 202 g/mol. The van der Waals surface area contributed by atoms with Gasteiger partial charge in [-0.1, -0.05) is 0 Å². The minimum atomic E-state index is -1.24. The van der Waals surface area contributed by atoms with Gasteiger partial charge in [-0.05, 0) is 20.8 Å². The lowest BCUT2D eigenvalue weighted by molar-refractivity contribution is -0.183. The molecule has 2 aliphatic rings. The zero-order valence-electron chi connectivity index (χ0n) is 8.39. The summed E-state index contributed by atoms with van der Waals surface area (Å²) in [6, 6.07) is 0. The number of aliphatic hydroxyl groups excluding tert-OH is 1. The first-order chi connectivity index (χ1) is 6.41. The normalized spacial score (nSPS) is 45.9. The van der Waals surface area contributed by atoms with Crippen LogP contribution in [0, 0.1) is 0 Å². The van der Waals surface area contributed by atoms with E-state index in [-0.39, 0.29) is 12.2 Å². The molecule has 0 aliphatic carbocycles. The van der Waals surface area contributed by atoms with E-state index in [9.17, 15) is 9.90 Å². The number of rotatable bonds is 0. The van der Waals surface area contributed by atoms with Crippen LogP contribution in [0.2, 0.25) is 0 Å². The van der Waals surface area contributed by atoms with E-state index in [1.54, 1.807) is 20.8 Å². The van der Waals surface area contributed by atoms with Gasteiger partial charge >= 0.3 is 5.97 Å². The minimum Gasteiger partial charge on any atom is -0.458 e. The number of cyclic esters (lactones) is 1. The second kappa shape index (κ2) is 2.92. The summed E-state index contributed by atoms with van der Waals surface area (Å²) in [6.07, 6.45) is -2.60. The number of fused-ring (bicyclic) bond motifs is 1. The highest BCUT2D eigenvalue weighted by Crippen LogP contribution is 2.35. The topological polar surface area (TPSA) is 65.0 Å². The predicted octanol–water partition coefficient (Wildman–Crippen LogP) is -0.187. The van der Waals surface area contributed by atoms with Crippen molar-refractivity contribution >= 4 is 5.97 Å². The molecule has 0 saturated carbocycles. The van der Waals surface area contributed by atoms with Crippen LogP contribution in [-0.4, -0.2) is 41.3 Å². The molecule has 5 nitrogen and oxygen atoms in total. The Balaban J connectivity index is 2.22. The van der Waals surface area contributed by atoms with Crippen LogP contribution in [0.15, 0.2) is 0 Å². The average molecular weight is 202 g/mol. The van der Waals surface area contributed by atoms with Gasteiger partial charge in [0, 0.05) is 0 Å². The van der Waals surface area contributed by atoms with Gasteiger partial charge in [-0.15, -0.1) is 0 Å². The second-order valence-corrected chi connectivity index (χ2v) is 4.15. The van der Waals surface area contributed by atoms with Crippen molar-refractivity contribution in [2.24, 2.45) is 0 Å². The van der Waals surface area contributed by atoms with Crippen molar-refractivity contribution in [3.05, 3.63) is 0 Å². The van der Waals surface area contributed by atoms with Gasteiger partial charge in [0.25, 0.3) is 0 Å². The van der Waals surface area contributed by atoms with Gasteiger partial charge in [-0.3, -0.25) is 0 Å². The Hall–Kier alpha value is -0.650. The first-order valence-corrected chi connectivity index (χ1v) is 4.65. The quantitative estimate of drug-likeness (QED) is 0.552. The molecule has 5 heteroatoms. The Bertz CT molecular complexity index is 262. The lowest BCUT2D eigenvalue weighted by Crippen LogP contribution is -2.52. The summed E-state index contributed by atoms with van der Waals surface area (Å²) in [5.74, 6) is -1.40. The van der Waals surface area contributed by atoms with Crippen molar-refractivity contribution in [3.63, 3.8) is 0 Å². The summed E-state index contributed by atoms with van der Waals surface area (Å²) in [7, 11) is 0. The lowest BCUT2D eigenvalue weighted by atomic mass is 10.0. The number of carbonyl (C=O) groups is 1. The van der Waals surface area contributed by atoms with E-state index in [2.05, 4.69) is 0 Å². The first kappa shape index (κ1) is 9.89. The van der Waals surface area contributed by atoms with E-state index in [0.29, 0.717) is 0 Å². The molecule has 0 aromatic rings. The van der Waals surface area contributed by atoms with Gasteiger partial charge in [0.2, 0.25) is 0 Å². The van der Waals surface area contributed by atoms with Crippen LogP contribution >= 0.6 is 0 Å². The molecule has 0 aromatic carbocycles.